The molecule has 0 aromatic heterocycles. The number of phenolic OH excluding ortho intramolecular Hbond substituents is 1. The Morgan fingerprint density at radius 3 is 2.35 bits per heavy atom. The lowest BCUT2D eigenvalue weighted by Crippen LogP contribution is -2.42. The van der Waals surface area contributed by atoms with E-state index in [1.54, 1.807) is 6.92 Å². The number of phenols is 1. The van der Waals surface area contributed by atoms with E-state index in [4.69, 9.17) is 9.47 Å². The quantitative estimate of drug-likeness (QED) is 0.215. The van der Waals surface area contributed by atoms with Crippen LogP contribution in [0.25, 0.3) is 0 Å². The number of hydrogen-bond acceptors (Lipinski definition) is 8. The van der Waals surface area contributed by atoms with Gasteiger partial charge in [0.15, 0.2) is 5.57 Å². The summed E-state index contributed by atoms with van der Waals surface area (Å²) in [5.41, 5.74) is -0.450. The zero-order chi connectivity index (χ0) is 17.4. The van der Waals surface area contributed by atoms with Crippen molar-refractivity contribution in [1.82, 2.24) is 0 Å². The summed E-state index contributed by atoms with van der Waals surface area (Å²) in [4.78, 5) is 33.7. The molecule has 0 amide bonds. The highest BCUT2D eigenvalue weighted by Crippen LogP contribution is 2.35. The minimum Gasteiger partial charge on any atom is -0.501 e. The third-order valence-electron chi connectivity index (χ3n) is 2.92. The molecule has 2 N–H and O–H groups in total. The lowest BCUT2D eigenvalue weighted by Gasteiger charge is -2.29. The monoisotopic (exact) mass is 322 g/mol. The molecule has 1 aliphatic rings. The van der Waals surface area contributed by atoms with Crippen molar-refractivity contribution >= 4 is 23.3 Å². The van der Waals surface area contributed by atoms with Crippen molar-refractivity contribution in [2.75, 3.05) is 5.32 Å². The van der Waals surface area contributed by atoms with E-state index in [0.29, 0.717) is 5.56 Å². The third-order valence-corrected chi connectivity index (χ3v) is 2.92. The van der Waals surface area contributed by atoms with Crippen LogP contribution >= 0.6 is 0 Å². The zero-order valence-electron chi connectivity index (χ0n) is 12.6. The molecule has 0 aliphatic carbocycles. The molecule has 9 heteroatoms. The molecular formula is C14H14N2O7. The molecule has 0 radical (unpaired) electrons. The zero-order valence-corrected chi connectivity index (χ0v) is 12.6. The van der Waals surface area contributed by atoms with E-state index in [1.165, 1.54) is 26.0 Å². The van der Waals surface area contributed by atoms with Crippen molar-refractivity contribution in [3.63, 3.8) is 0 Å². The Morgan fingerprint density at radius 1 is 1.26 bits per heavy atom. The SMILES string of the molecule is Cc1cc(NC=C2C(=O)OC(C)(C)OC2=O)c(O)c([N+](=O)[O-])c1. The van der Waals surface area contributed by atoms with Gasteiger partial charge in [-0.25, -0.2) is 9.59 Å². The van der Waals surface area contributed by atoms with Gasteiger partial charge in [0.1, 0.15) is 0 Å². The molecule has 1 aromatic rings. The Hall–Kier alpha value is -3.10. The van der Waals surface area contributed by atoms with Crippen LogP contribution in [0.2, 0.25) is 0 Å². The number of hydrogen-bond donors (Lipinski definition) is 2. The van der Waals surface area contributed by atoms with Gasteiger partial charge in [-0.2, -0.15) is 0 Å². The molecule has 0 bridgehead atoms. The first-order chi connectivity index (χ1) is 10.6. The van der Waals surface area contributed by atoms with E-state index in [9.17, 15) is 24.8 Å². The van der Waals surface area contributed by atoms with Gasteiger partial charge in [0, 0.05) is 26.1 Å². The van der Waals surface area contributed by atoms with Gasteiger partial charge in [-0.1, -0.05) is 0 Å². The van der Waals surface area contributed by atoms with Gasteiger partial charge in [0.25, 0.3) is 5.79 Å². The smallest absolute Gasteiger partial charge is 0.350 e. The summed E-state index contributed by atoms with van der Waals surface area (Å²) in [5, 5.41) is 23.2. The summed E-state index contributed by atoms with van der Waals surface area (Å²) in [6.45, 7) is 4.40. The van der Waals surface area contributed by atoms with Crippen LogP contribution in [-0.2, 0) is 19.1 Å². The van der Waals surface area contributed by atoms with E-state index in [1.807, 2.05) is 0 Å². The molecule has 1 saturated heterocycles. The number of nitrogens with zero attached hydrogens (tertiary/aromatic N) is 1. The standard InChI is InChI=1S/C14H14N2O7/c1-7-4-9(11(17)10(5-7)16(20)21)15-6-8-12(18)22-14(2,3)23-13(8)19/h4-6,15,17H,1-3H3. The van der Waals surface area contributed by atoms with Crippen molar-refractivity contribution in [3.8, 4) is 5.75 Å². The minimum atomic E-state index is -1.37. The Labute approximate surface area is 130 Å². The first-order valence-corrected chi connectivity index (χ1v) is 6.52. The first-order valence-electron chi connectivity index (χ1n) is 6.52. The van der Waals surface area contributed by atoms with Gasteiger partial charge in [-0.15, -0.1) is 0 Å². The number of carbonyl (C=O) groups is 2. The number of cyclic esters (lactones) is 2. The van der Waals surface area contributed by atoms with Crippen molar-refractivity contribution in [3.05, 3.63) is 39.6 Å². The van der Waals surface area contributed by atoms with Crippen molar-refractivity contribution < 1.29 is 29.1 Å². The van der Waals surface area contributed by atoms with Crippen LogP contribution in [0.5, 0.6) is 5.75 Å². The third kappa shape index (κ3) is 3.39. The Bertz CT molecular complexity index is 715. The van der Waals surface area contributed by atoms with Gasteiger partial charge in [0.05, 0.1) is 10.6 Å². The fourth-order valence-corrected chi connectivity index (χ4v) is 1.94. The van der Waals surface area contributed by atoms with E-state index >= 15 is 0 Å². The van der Waals surface area contributed by atoms with E-state index in [-0.39, 0.29) is 5.69 Å². The maximum absolute atomic E-state index is 11.8. The highest BCUT2D eigenvalue weighted by atomic mass is 16.7. The lowest BCUT2D eigenvalue weighted by atomic mass is 10.1. The number of anilines is 1. The second kappa shape index (κ2) is 5.59. The second-order valence-corrected chi connectivity index (χ2v) is 5.32. The fraction of sp³-hybridized carbons (Fsp3) is 0.286. The summed E-state index contributed by atoms with van der Waals surface area (Å²) < 4.78 is 9.80. The highest BCUT2D eigenvalue weighted by Gasteiger charge is 2.39. The molecule has 0 spiro atoms. The Balaban J connectivity index is 2.32. The molecule has 23 heavy (non-hydrogen) atoms. The molecule has 122 valence electrons. The number of nitro benzene ring substituents is 1. The van der Waals surface area contributed by atoms with Crippen LogP contribution in [0.1, 0.15) is 19.4 Å². The first kappa shape index (κ1) is 16.3. The van der Waals surface area contributed by atoms with Gasteiger partial charge in [-0.05, 0) is 18.6 Å². The lowest BCUT2D eigenvalue weighted by molar-refractivity contribution is -0.385. The Morgan fingerprint density at radius 2 is 1.83 bits per heavy atom. The summed E-state index contributed by atoms with van der Waals surface area (Å²) >= 11 is 0. The van der Waals surface area contributed by atoms with Crippen LogP contribution in [0.3, 0.4) is 0 Å². The summed E-state index contributed by atoms with van der Waals surface area (Å²) in [6, 6.07) is 2.61. The summed E-state index contributed by atoms with van der Waals surface area (Å²) in [6.07, 6.45) is 0.970. The number of esters is 2. The average Bonchev–Trinajstić information content (AvgIpc) is 2.39. The topological polar surface area (TPSA) is 128 Å². The number of nitro groups is 1. The van der Waals surface area contributed by atoms with E-state index in [0.717, 1.165) is 6.20 Å². The van der Waals surface area contributed by atoms with Gasteiger partial charge >= 0.3 is 17.6 Å². The number of ether oxygens (including phenoxy) is 2. The van der Waals surface area contributed by atoms with Gasteiger partial charge in [0.2, 0.25) is 5.75 Å². The predicted octanol–water partition coefficient (Wildman–Crippen LogP) is 1.74. The number of carbonyl (C=O) groups excluding carboxylic acids is 2. The van der Waals surface area contributed by atoms with Crippen molar-refractivity contribution in [2.45, 2.75) is 26.6 Å². The number of aromatic hydroxyl groups is 1. The van der Waals surface area contributed by atoms with Crippen molar-refractivity contribution in [2.24, 2.45) is 0 Å². The van der Waals surface area contributed by atoms with Crippen LogP contribution < -0.4 is 5.32 Å². The number of rotatable bonds is 3. The fourth-order valence-electron chi connectivity index (χ4n) is 1.94. The largest absolute Gasteiger partial charge is 0.501 e. The minimum absolute atomic E-state index is 0.0327. The van der Waals surface area contributed by atoms with Crippen molar-refractivity contribution in [1.29, 1.82) is 0 Å². The van der Waals surface area contributed by atoms with Gasteiger partial charge in [-0.3, -0.25) is 10.1 Å². The number of aryl methyl sites for hydroxylation is 1. The molecular weight excluding hydrogens is 308 g/mol. The molecule has 0 atom stereocenters. The number of benzene rings is 1. The van der Waals surface area contributed by atoms with Crippen LogP contribution in [0.4, 0.5) is 11.4 Å². The Kier molecular flexibility index (Phi) is 3.96. The maximum atomic E-state index is 11.8. The molecule has 1 fully saturated rings. The molecule has 1 aromatic carbocycles. The molecule has 0 unspecified atom stereocenters. The number of nitrogens with one attached hydrogen (secondary N) is 1. The van der Waals surface area contributed by atoms with Crippen LogP contribution in [0, 0.1) is 17.0 Å². The summed E-state index contributed by atoms with van der Waals surface area (Å²) in [7, 11) is 0. The highest BCUT2D eigenvalue weighted by molar-refractivity contribution is 6.15. The van der Waals surface area contributed by atoms with E-state index < -0.39 is 39.7 Å². The second-order valence-electron chi connectivity index (χ2n) is 5.32. The molecule has 2 rings (SSSR count). The van der Waals surface area contributed by atoms with Crippen LogP contribution in [-0.4, -0.2) is 27.8 Å². The molecule has 9 nitrogen and oxygen atoms in total. The molecule has 1 heterocycles. The predicted molar refractivity (Wildman–Crippen MR) is 77.5 cm³/mol. The molecule has 1 aliphatic heterocycles. The maximum Gasteiger partial charge on any atom is 0.350 e. The van der Waals surface area contributed by atoms with Gasteiger partial charge < -0.3 is 19.9 Å². The van der Waals surface area contributed by atoms with Crippen LogP contribution in [0.15, 0.2) is 23.9 Å². The normalized spacial score (nSPS) is 16.4. The summed E-state index contributed by atoms with van der Waals surface area (Å²) in [5.74, 6) is -3.79. The molecule has 0 saturated carbocycles. The van der Waals surface area contributed by atoms with E-state index in [2.05, 4.69) is 5.32 Å². The average molecular weight is 322 g/mol.